The molecule has 0 unspecified atom stereocenters. The SMILES string of the molecule is Cc1nn(C)cc1CN1CCN(C(=O)CCn2nc(C(F)(F)F)c(Br)c2C2CC2)CC1. The van der Waals surface area contributed by atoms with Gasteiger partial charge in [0.15, 0.2) is 5.69 Å². The zero-order valence-electron chi connectivity index (χ0n) is 17.6. The van der Waals surface area contributed by atoms with Gasteiger partial charge in [0.05, 0.1) is 22.4 Å². The zero-order chi connectivity index (χ0) is 22.3. The Balaban J connectivity index is 1.32. The van der Waals surface area contributed by atoms with Gasteiger partial charge >= 0.3 is 6.18 Å². The Morgan fingerprint density at radius 1 is 1.19 bits per heavy atom. The van der Waals surface area contributed by atoms with Gasteiger partial charge in [-0.1, -0.05) is 0 Å². The van der Waals surface area contributed by atoms with E-state index in [-0.39, 0.29) is 29.3 Å². The number of amides is 1. The summed E-state index contributed by atoms with van der Waals surface area (Å²) in [5, 5.41) is 8.15. The summed E-state index contributed by atoms with van der Waals surface area (Å²) in [7, 11) is 1.90. The first-order valence-corrected chi connectivity index (χ1v) is 11.3. The van der Waals surface area contributed by atoms with Crippen molar-refractivity contribution in [3.8, 4) is 0 Å². The van der Waals surface area contributed by atoms with Crippen molar-refractivity contribution in [1.29, 1.82) is 0 Å². The van der Waals surface area contributed by atoms with Gasteiger partial charge in [-0.15, -0.1) is 0 Å². The Bertz CT molecular complexity index is 957. The van der Waals surface area contributed by atoms with Crippen LogP contribution in [0.25, 0.3) is 0 Å². The van der Waals surface area contributed by atoms with Gasteiger partial charge in [0, 0.05) is 63.9 Å². The summed E-state index contributed by atoms with van der Waals surface area (Å²) in [6, 6.07) is 0. The third kappa shape index (κ3) is 4.97. The molecule has 2 aromatic heterocycles. The highest BCUT2D eigenvalue weighted by molar-refractivity contribution is 9.10. The van der Waals surface area contributed by atoms with Crippen LogP contribution < -0.4 is 0 Å². The number of halogens is 4. The number of hydrogen-bond donors (Lipinski definition) is 0. The van der Waals surface area contributed by atoms with Crippen molar-refractivity contribution in [2.45, 2.75) is 51.4 Å². The summed E-state index contributed by atoms with van der Waals surface area (Å²) in [6.45, 7) is 5.71. The lowest BCUT2D eigenvalue weighted by Crippen LogP contribution is -2.48. The van der Waals surface area contributed by atoms with Crippen molar-refractivity contribution < 1.29 is 18.0 Å². The van der Waals surface area contributed by atoms with Crippen molar-refractivity contribution in [1.82, 2.24) is 29.4 Å². The lowest BCUT2D eigenvalue weighted by molar-refractivity contribution is -0.142. The van der Waals surface area contributed by atoms with Crippen LogP contribution in [0.4, 0.5) is 13.2 Å². The monoisotopic (exact) mass is 502 g/mol. The molecule has 7 nitrogen and oxygen atoms in total. The molecule has 0 spiro atoms. The fraction of sp³-hybridized carbons (Fsp3) is 0.650. The molecule has 11 heteroatoms. The van der Waals surface area contributed by atoms with E-state index in [4.69, 9.17) is 0 Å². The van der Waals surface area contributed by atoms with Crippen molar-refractivity contribution >= 4 is 21.8 Å². The molecule has 31 heavy (non-hydrogen) atoms. The lowest BCUT2D eigenvalue weighted by Gasteiger charge is -2.34. The van der Waals surface area contributed by atoms with E-state index in [0.29, 0.717) is 18.8 Å². The zero-order valence-corrected chi connectivity index (χ0v) is 19.2. The first-order chi connectivity index (χ1) is 14.6. The van der Waals surface area contributed by atoms with Crippen molar-refractivity contribution in [3.05, 3.63) is 33.3 Å². The molecule has 0 N–H and O–H groups in total. The molecule has 4 rings (SSSR count). The van der Waals surface area contributed by atoms with Crippen LogP contribution in [0.5, 0.6) is 0 Å². The van der Waals surface area contributed by atoms with Crippen molar-refractivity contribution in [2.75, 3.05) is 26.2 Å². The number of carbonyl (C=O) groups is 1. The van der Waals surface area contributed by atoms with Gasteiger partial charge in [0.2, 0.25) is 5.91 Å². The molecule has 0 radical (unpaired) electrons. The van der Waals surface area contributed by atoms with E-state index < -0.39 is 11.9 Å². The molecular weight excluding hydrogens is 477 g/mol. The predicted octanol–water partition coefficient (Wildman–Crippen LogP) is 3.32. The van der Waals surface area contributed by atoms with Gasteiger partial charge in [-0.3, -0.25) is 19.1 Å². The summed E-state index contributed by atoms with van der Waals surface area (Å²) in [6.07, 6.45) is -0.642. The topological polar surface area (TPSA) is 59.2 Å². The largest absolute Gasteiger partial charge is 0.436 e. The number of aryl methyl sites for hydroxylation is 3. The highest BCUT2D eigenvalue weighted by atomic mass is 79.9. The van der Waals surface area contributed by atoms with Crippen LogP contribution in [0.3, 0.4) is 0 Å². The molecular formula is C20H26BrF3N6O. The van der Waals surface area contributed by atoms with E-state index in [9.17, 15) is 18.0 Å². The third-order valence-corrected chi connectivity index (χ3v) is 6.72. The van der Waals surface area contributed by atoms with Gasteiger partial charge in [0.1, 0.15) is 0 Å². The molecule has 3 heterocycles. The number of alkyl halides is 3. The number of aromatic nitrogens is 4. The van der Waals surface area contributed by atoms with Crippen LogP contribution in [0, 0.1) is 6.92 Å². The average molecular weight is 503 g/mol. The molecule has 1 amide bonds. The summed E-state index contributed by atoms with van der Waals surface area (Å²) < 4.78 is 42.9. The van der Waals surface area contributed by atoms with E-state index >= 15 is 0 Å². The molecule has 2 aromatic rings. The maximum absolute atomic E-state index is 13.2. The molecule has 1 saturated carbocycles. The second-order valence-electron chi connectivity index (χ2n) is 8.36. The molecule has 2 aliphatic rings. The van der Waals surface area contributed by atoms with Crippen molar-refractivity contribution in [2.24, 2.45) is 7.05 Å². The Morgan fingerprint density at radius 2 is 1.87 bits per heavy atom. The van der Waals surface area contributed by atoms with Crippen LogP contribution in [-0.4, -0.2) is 61.4 Å². The van der Waals surface area contributed by atoms with E-state index in [1.807, 2.05) is 20.2 Å². The number of piperazine rings is 1. The second kappa shape index (κ2) is 8.57. The Kier molecular flexibility index (Phi) is 6.17. The van der Waals surface area contributed by atoms with E-state index in [2.05, 4.69) is 31.0 Å². The van der Waals surface area contributed by atoms with Crippen LogP contribution >= 0.6 is 15.9 Å². The average Bonchev–Trinajstić information content (AvgIpc) is 3.40. The first-order valence-electron chi connectivity index (χ1n) is 10.5. The Labute approximate surface area is 187 Å². The quantitative estimate of drug-likeness (QED) is 0.607. The molecule has 0 aromatic carbocycles. The number of rotatable bonds is 6. The predicted molar refractivity (Wildman–Crippen MR) is 111 cm³/mol. The molecule has 0 atom stereocenters. The fourth-order valence-corrected chi connectivity index (χ4v) is 4.94. The van der Waals surface area contributed by atoms with E-state index in [1.54, 1.807) is 9.58 Å². The highest BCUT2D eigenvalue weighted by Gasteiger charge is 2.41. The molecule has 0 bridgehead atoms. The molecule has 2 fully saturated rings. The maximum atomic E-state index is 13.2. The van der Waals surface area contributed by atoms with Crippen molar-refractivity contribution in [3.63, 3.8) is 0 Å². The van der Waals surface area contributed by atoms with E-state index in [0.717, 1.165) is 38.2 Å². The summed E-state index contributed by atoms with van der Waals surface area (Å²) >= 11 is 3.09. The lowest BCUT2D eigenvalue weighted by atomic mass is 10.2. The standard InChI is InChI=1S/C20H26BrF3N6O/c1-13-15(11-27(2)25-13)12-28-7-9-29(10-8-28)16(31)5-6-30-18(14-3-4-14)17(21)19(26-30)20(22,23)24/h11,14H,3-10,12H2,1-2H3. The van der Waals surface area contributed by atoms with Gasteiger partial charge < -0.3 is 4.90 Å². The van der Waals surface area contributed by atoms with Crippen LogP contribution in [0.15, 0.2) is 10.7 Å². The molecule has 1 aliphatic heterocycles. The minimum atomic E-state index is -4.51. The molecule has 1 saturated heterocycles. The summed E-state index contributed by atoms with van der Waals surface area (Å²) in [5.74, 6) is 0.0479. The van der Waals surface area contributed by atoms with Crippen LogP contribution in [0.1, 0.15) is 47.8 Å². The highest BCUT2D eigenvalue weighted by Crippen LogP contribution is 2.47. The van der Waals surface area contributed by atoms with Gasteiger partial charge in [-0.25, -0.2) is 0 Å². The summed E-state index contributed by atoms with van der Waals surface area (Å²) in [5.41, 5.74) is 1.86. The Morgan fingerprint density at radius 3 is 2.42 bits per heavy atom. The Hall–Kier alpha value is -1.88. The molecule has 1 aliphatic carbocycles. The maximum Gasteiger partial charge on any atom is 0.436 e. The number of hydrogen-bond acceptors (Lipinski definition) is 4. The molecule has 170 valence electrons. The van der Waals surface area contributed by atoms with Crippen LogP contribution in [0.2, 0.25) is 0 Å². The van der Waals surface area contributed by atoms with Crippen LogP contribution in [-0.2, 0) is 31.1 Å². The third-order valence-electron chi connectivity index (χ3n) is 5.94. The summed E-state index contributed by atoms with van der Waals surface area (Å²) in [4.78, 5) is 16.8. The second-order valence-corrected chi connectivity index (χ2v) is 9.16. The first kappa shape index (κ1) is 22.3. The number of carbonyl (C=O) groups excluding carboxylic acids is 1. The van der Waals surface area contributed by atoms with Gasteiger partial charge in [-0.05, 0) is 35.7 Å². The fourth-order valence-electron chi connectivity index (χ4n) is 4.11. The smallest absolute Gasteiger partial charge is 0.340 e. The van der Waals surface area contributed by atoms with Gasteiger partial charge in [-0.2, -0.15) is 23.4 Å². The number of nitrogens with zero attached hydrogens (tertiary/aromatic N) is 6. The van der Waals surface area contributed by atoms with Gasteiger partial charge in [0.25, 0.3) is 0 Å². The minimum absolute atomic E-state index is 0.0225. The minimum Gasteiger partial charge on any atom is -0.340 e. The normalized spacial score (nSPS) is 18.1. The van der Waals surface area contributed by atoms with E-state index in [1.165, 1.54) is 10.2 Å².